The first kappa shape index (κ1) is 21.0. The van der Waals surface area contributed by atoms with Gasteiger partial charge in [0.2, 0.25) is 0 Å². The molecule has 2 N–H and O–H groups in total. The second-order valence-corrected chi connectivity index (χ2v) is 18.8. The minimum absolute atomic E-state index is 0.555. The Morgan fingerprint density at radius 1 is 0.682 bits per heavy atom. The summed E-state index contributed by atoms with van der Waals surface area (Å²) in [7, 11) is 0. The van der Waals surface area contributed by atoms with Crippen LogP contribution in [0.5, 0.6) is 0 Å². The summed E-state index contributed by atoms with van der Waals surface area (Å²) in [5, 5.41) is 0. The molecule has 10 heteroatoms. The van der Waals surface area contributed by atoms with E-state index in [1.165, 1.54) is 0 Å². The van der Waals surface area contributed by atoms with Gasteiger partial charge in [0.05, 0.1) is 0 Å². The van der Waals surface area contributed by atoms with E-state index in [-0.39, 0.29) is 0 Å². The van der Waals surface area contributed by atoms with E-state index >= 15 is 0 Å². The van der Waals surface area contributed by atoms with Crippen molar-refractivity contribution in [3.63, 3.8) is 0 Å². The number of halogens is 6. The van der Waals surface area contributed by atoms with Crippen LogP contribution in [0.4, 0.5) is 11.4 Å². The van der Waals surface area contributed by atoms with Crippen molar-refractivity contribution in [2.75, 3.05) is 21.7 Å². The van der Waals surface area contributed by atoms with Crippen LogP contribution in [0.1, 0.15) is 12.8 Å². The van der Waals surface area contributed by atoms with Gasteiger partial charge in [-0.1, -0.05) is 0 Å². The molecule has 2 nitrogen and oxygen atoms in total. The van der Waals surface area contributed by atoms with Gasteiger partial charge in [-0.3, -0.25) is 0 Å². The highest BCUT2D eigenvalue weighted by Crippen LogP contribution is 2.28. The fraction of sp³-hybridized carbons (Fsp3) is 0.500. The van der Waals surface area contributed by atoms with Gasteiger partial charge < -0.3 is 9.96 Å². The average molecular weight is 459 g/mol. The van der Waals surface area contributed by atoms with Crippen LogP contribution >= 0.6 is 67.5 Å². The molecule has 0 spiro atoms. The smallest absolute Gasteiger partial charge is 0.350 e. The Morgan fingerprint density at radius 3 is 1.27 bits per heavy atom. The monoisotopic (exact) mass is 456 g/mol. The van der Waals surface area contributed by atoms with Gasteiger partial charge in [0.15, 0.2) is 0 Å². The van der Waals surface area contributed by atoms with Gasteiger partial charge in [-0.05, 0) is 49.2 Å². The molecule has 0 amide bonds. The molecule has 1 aromatic rings. The van der Waals surface area contributed by atoms with Crippen molar-refractivity contribution in [2.24, 2.45) is 0 Å². The van der Waals surface area contributed by atoms with Gasteiger partial charge in [0.1, 0.15) is 0 Å². The predicted octanol–water partition coefficient (Wildman–Crippen LogP) is 6.60. The number of hydrogen-bond donors (Lipinski definition) is 2. The molecular formula is C12H18Cl6N2Si2. The molecule has 0 aliphatic heterocycles. The van der Waals surface area contributed by atoms with Crippen molar-refractivity contribution in [3.8, 4) is 0 Å². The number of nitrogens with one attached hydrogen (secondary N) is 2. The zero-order valence-electron chi connectivity index (χ0n) is 11.8. The van der Waals surface area contributed by atoms with Crippen LogP contribution in [0.3, 0.4) is 0 Å². The minimum atomic E-state index is -2.52. The van der Waals surface area contributed by atoms with Crippen LogP contribution in [0, 0.1) is 0 Å². The zero-order chi connectivity index (χ0) is 16.6. The molecule has 0 fully saturated rings. The summed E-state index contributed by atoms with van der Waals surface area (Å²) < 4.78 is 0. The molecule has 0 heterocycles. The van der Waals surface area contributed by atoms with E-state index in [4.69, 9.17) is 67.5 Å². The first-order valence-corrected chi connectivity index (χ1v) is 16.3. The van der Waals surface area contributed by atoms with Crippen LogP contribution in [-0.4, -0.2) is 25.5 Å². The van der Waals surface area contributed by atoms with Crippen molar-refractivity contribution in [2.45, 2.75) is 24.9 Å². The fourth-order valence-electron chi connectivity index (χ4n) is 1.76. The molecule has 0 saturated carbocycles. The van der Waals surface area contributed by atoms with Crippen molar-refractivity contribution < 1.29 is 0 Å². The van der Waals surface area contributed by atoms with Gasteiger partial charge in [0, 0.05) is 23.1 Å². The van der Waals surface area contributed by atoms with E-state index in [1.807, 2.05) is 24.3 Å². The van der Waals surface area contributed by atoms with E-state index in [1.54, 1.807) is 0 Å². The Balaban J connectivity index is 2.59. The molecule has 0 aliphatic rings. The molecule has 0 atom stereocenters. The maximum Gasteiger partial charge on any atom is 0.350 e. The second-order valence-electron chi connectivity index (χ2n) is 4.82. The topological polar surface area (TPSA) is 24.1 Å². The Labute approximate surface area is 162 Å². The summed E-state index contributed by atoms with van der Waals surface area (Å²) in [5.41, 5.74) is 1.74. The average Bonchev–Trinajstić information content (AvgIpc) is 2.45. The lowest BCUT2D eigenvalue weighted by atomic mass is 10.3. The molecule has 1 aromatic carbocycles. The van der Waals surface area contributed by atoms with Crippen LogP contribution in [0.2, 0.25) is 12.1 Å². The van der Waals surface area contributed by atoms with Crippen molar-refractivity contribution in [3.05, 3.63) is 24.3 Å². The maximum absolute atomic E-state index is 6.32. The molecular weight excluding hydrogens is 441 g/mol. The lowest BCUT2D eigenvalue weighted by molar-refractivity contribution is 1.08. The third-order valence-electron chi connectivity index (χ3n) is 2.79. The van der Waals surface area contributed by atoms with Crippen molar-refractivity contribution in [1.82, 2.24) is 0 Å². The highest BCUT2D eigenvalue weighted by molar-refractivity contribution is 7.47. The largest absolute Gasteiger partial charge is 0.387 e. The summed E-state index contributed by atoms with van der Waals surface area (Å²) in [6, 6.07) is 8.98. The number of benzene rings is 1. The van der Waals surface area contributed by atoms with E-state index in [2.05, 4.69) is 9.96 Å². The normalized spacial score (nSPS) is 12.3. The highest BCUT2D eigenvalue weighted by Gasteiger charge is 2.29. The minimum Gasteiger partial charge on any atom is -0.387 e. The predicted molar refractivity (Wildman–Crippen MR) is 109 cm³/mol. The molecule has 0 bridgehead atoms. The summed E-state index contributed by atoms with van der Waals surface area (Å²) in [5.74, 6) is 1.11. The van der Waals surface area contributed by atoms with Crippen molar-refractivity contribution in [1.29, 1.82) is 0 Å². The number of alkyl halides is 2. The SMILES string of the molecule is ClCCC[Si](Cl)(Cl)Nc1ccc(N[Si](Cl)(Cl)CCCCl)cc1. The van der Waals surface area contributed by atoms with Gasteiger partial charge in [-0.2, -0.15) is 0 Å². The third-order valence-corrected chi connectivity index (χ3v) is 10.00. The molecule has 0 aliphatic carbocycles. The van der Waals surface area contributed by atoms with Crippen LogP contribution in [-0.2, 0) is 0 Å². The molecule has 22 heavy (non-hydrogen) atoms. The summed E-state index contributed by atoms with van der Waals surface area (Å²) in [4.78, 5) is 6.38. The lowest BCUT2D eigenvalue weighted by Crippen LogP contribution is -2.32. The van der Waals surface area contributed by atoms with Crippen LogP contribution in [0.25, 0.3) is 0 Å². The summed E-state index contributed by atoms with van der Waals surface area (Å²) in [6.45, 7) is -5.03. The molecule has 0 radical (unpaired) electrons. The first-order valence-electron chi connectivity index (χ1n) is 6.82. The Hall–Kier alpha value is 0.994. The second kappa shape index (κ2) is 10.1. The standard InChI is InChI=1S/C12H18Cl6N2Si2/c13-7-1-9-21(15,16)19-11-3-5-12(6-4-11)20-22(17,18)10-2-8-14/h3-6,19-20H,1-2,7-10H2. The van der Waals surface area contributed by atoms with E-state index in [0.29, 0.717) is 23.8 Å². The van der Waals surface area contributed by atoms with E-state index < -0.39 is 13.7 Å². The number of anilines is 2. The Bertz CT molecular complexity index is 403. The molecule has 0 saturated heterocycles. The Kier molecular flexibility index (Phi) is 9.65. The van der Waals surface area contributed by atoms with Crippen molar-refractivity contribution >= 4 is 92.6 Å². The van der Waals surface area contributed by atoms with Gasteiger partial charge in [-0.25, -0.2) is 0 Å². The third kappa shape index (κ3) is 8.74. The summed E-state index contributed by atoms with van der Waals surface area (Å²) in [6.07, 6.45) is 1.58. The molecule has 0 aromatic heterocycles. The summed E-state index contributed by atoms with van der Waals surface area (Å²) >= 11 is 36.6. The molecule has 0 unspecified atom stereocenters. The van der Waals surface area contributed by atoms with Gasteiger partial charge in [0.25, 0.3) is 0 Å². The highest BCUT2D eigenvalue weighted by atomic mass is 35.7. The van der Waals surface area contributed by atoms with Crippen LogP contribution < -0.4 is 9.96 Å². The molecule has 1 rings (SSSR count). The Morgan fingerprint density at radius 2 is 1.00 bits per heavy atom. The lowest BCUT2D eigenvalue weighted by Gasteiger charge is -2.21. The number of rotatable bonds is 10. The fourth-order valence-corrected chi connectivity index (χ4v) is 8.06. The first-order chi connectivity index (χ1) is 10.3. The maximum atomic E-state index is 6.32. The van der Waals surface area contributed by atoms with E-state index in [9.17, 15) is 0 Å². The number of hydrogen-bond acceptors (Lipinski definition) is 2. The van der Waals surface area contributed by atoms with Gasteiger partial charge >= 0.3 is 13.7 Å². The molecule has 126 valence electrons. The van der Waals surface area contributed by atoms with Gasteiger partial charge in [-0.15, -0.1) is 67.5 Å². The van der Waals surface area contributed by atoms with E-state index in [0.717, 1.165) is 24.2 Å². The zero-order valence-corrected chi connectivity index (χ0v) is 18.4. The quantitative estimate of drug-likeness (QED) is 0.234. The van der Waals surface area contributed by atoms with Crippen LogP contribution in [0.15, 0.2) is 24.3 Å².